The van der Waals surface area contributed by atoms with Gasteiger partial charge in [0.05, 0.1) is 18.6 Å². The van der Waals surface area contributed by atoms with Crippen LogP contribution in [0.15, 0.2) is 36.8 Å². The molecular weight excluding hydrogens is 236 g/mol. The Morgan fingerprint density at radius 2 is 1.88 bits per heavy atom. The molecule has 0 spiro atoms. The van der Waals surface area contributed by atoms with Crippen molar-refractivity contribution >= 4 is 12.4 Å². The van der Waals surface area contributed by atoms with E-state index >= 15 is 0 Å². The fraction of sp³-hybridized carbons (Fsp3) is 0.308. The van der Waals surface area contributed by atoms with Crippen LogP contribution in [-0.4, -0.2) is 21.7 Å². The highest BCUT2D eigenvalue weighted by atomic mass is 35.5. The predicted octanol–water partition coefficient (Wildman–Crippen LogP) is 1.86. The summed E-state index contributed by atoms with van der Waals surface area (Å²) in [7, 11) is 0. The maximum Gasteiger partial charge on any atom is 0.0923 e. The molecule has 3 rings (SSSR count). The Morgan fingerprint density at radius 1 is 1.24 bits per heavy atom. The Labute approximate surface area is 106 Å². The van der Waals surface area contributed by atoms with Gasteiger partial charge in [0.2, 0.25) is 0 Å². The first kappa shape index (κ1) is 12.1. The monoisotopic (exact) mass is 250 g/mol. The van der Waals surface area contributed by atoms with E-state index in [1.165, 1.54) is 11.1 Å². The third kappa shape index (κ3) is 1.85. The van der Waals surface area contributed by atoms with E-state index < -0.39 is 0 Å². The lowest BCUT2D eigenvalue weighted by Crippen LogP contribution is -2.31. The van der Waals surface area contributed by atoms with Gasteiger partial charge in [0.25, 0.3) is 0 Å². The quantitative estimate of drug-likeness (QED) is 0.855. The Bertz CT molecular complexity index is 471. The minimum absolute atomic E-state index is 0. The maximum absolute atomic E-state index is 9.71. The number of H-pyrrole nitrogens is 1. The van der Waals surface area contributed by atoms with Gasteiger partial charge in [-0.05, 0) is 24.0 Å². The van der Waals surface area contributed by atoms with Crippen LogP contribution in [0.3, 0.4) is 0 Å². The van der Waals surface area contributed by atoms with Crippen molar-refractivity contribution in [3.8, 4) is 0 Å². The highest BCUT2D eigenvalue weighted by Gasteiger charge is 2.39. The van der Waals surface area contributed by atoms with E-state index in [2.05, 4.69) is 34.2 Å². The van der Waals surface area contributed by atoms with Crippen molar-refractivity contribution in [2.24, 2.45) is 0 Å². The Morgan fingerprint density at radius 3 is 2.35 bits per heavy atom. The van der Waals surface area contributed by atoms with Gasteiger partial charge >= 0.3 is 0 Å². The van der Waals surface area contributed by atoms with E-state index in [0.717, 1.165) is 18.5 Å². The van der Waals surface area contributed by atoms with Crippen molar-refractivity contribution in [2.75, 3.05) is 6.61 Å². The van der Waals surface area contributed by atoms with Crippen LogP contribution in [0.5, 0.6) is 0 Å². The first-order chi connectivity index (χ1) is 7.84. The Hall–Kier alpha value is -1.32. The molecule has 2 aromatic rings. The van der Waals surface area contributed by atoms with Crippen LogP contribution in [0.4, 0.5) is 0 Å². The summed E-state index contributed by atoms with van der Waals surface area (Å²) in [6, 6.07) is 8.38. The number of aliphatic hydroxyl groups excluding tert-OH is 1. The van der Waals surface area contributed by atoms with Crippen molar-refractivity contribution in [3.05, 3.63) is 53.6 Å². The summed E-state index contributed by atoms with van der Waals surface area (Å²) < 4.78 is 0. The average molecular weight is 251 g/mol. The summed E-state index contributed by atoms with van der Waals surface area (Å²) in [6.07, 6.45) is 5.33. The average Bonchev–Trinajstić information content (AvgIpc) is 2.96. The second-order valence-electron chi connectivity index (χ2n) is 4.52. The van der Waals surface area contributed by atoms with E-state index in [0.29, 0.717) is 0 Å². The summed E-state index contributed by atoms with van der Waals surface area (Å²) in [6.45, 7) is 0.145. The van der Waals surface area contributed by atoms with Crippen molar-refractivity contribution in [1.29, 1.82) is 0 Å². The normalized spacial score (nSPS) is 16.3. The number of rotatable bonds is 2. The van der Waals surface area contributed by atoms with Crippen molar-refractivity contribution in [3.63, 3.8) is 0 Å². The molecule has 1 heterocycles. The number of benzene rings is 1. The molecule has 0 amide bonds. The van der Waals surface area contributed by atoms with Gasteiger partial charge < -0.3 is 10.1 Å². The third-order valence-electron chi connectivity index (χ3n) is 3.52. The number of aromatic amines is 1. The van der Waals surface area contributed by atoms with Crippen LogP contribution in [0.25, 0.3) is 0 Å². The molecule has 0 atom stereocenters. The van der Waals surface area contributed by atoms with Crippen molar-refractivity contribution in [1.82, 2.24) is 9.97 Å². The maximum atomic E-state index is 9.71. The van der Waals surface area contributed by atoms with Gasteiger partial charge in [-0.3, -0.25) is 0 Å². The molecular formula is C13H15ClN2O. The van der Waals surface area contributed by atoms with E-state index in [9.17, 15) is 5.11 Å². The summed E-state index contributed by atoms with van der Waals surface area (Å²) in [5, 5.41) is 9.71. The van der Waals surface area contributed by atoms with Gasteiger partial charge in [0, 0.05) is 11.6 Å². The molecule has 0 bridgehead atoms. The number of imidazole rings is 1. The lowest BCUT2D eigenvalue weighted by molar-refractivity contribution is 0.195. The molecule has 17 heavy (non-hydrogen) atoms. The van der Waals surface area contributed by atoms with Crippen molar-refractivity contribution < 1.29 is 5.11 Å². The largest absolute Gasteiger partial charge is 0.395 e. The summed E-state index contributed by atoms with van der Waals surface area (Å²) >= 11 is 0. The van der Waals surface area contributed by atoms with E-state index in [4.69, 9.17) is 0 Å². The smallest absolute Gasteiger partial charge is 0.0923 e. The molecule has 1 aliphatic rings. The SMILES string of the molecule is Cl.OCC1(c2c[nH]cn2)Cc2ccccc2C1. The van der Waals surface area contributed by atoms with Crippen LogP contribution in [-0.2, 0) is 18.3 Å². The van der Waals surface area contributed by atoms with E-state index in [1.54, 1.807) is 6.33 Å². The van der Waals surface area contributed by atoms with Crippen LogP contribution in [0.2, 0.25) is 0 Å². The van der Waals surface area contributed by atoms with Gasteiger partial charge in [-0.15, -0.1) is 12.4 Å². The molecule has 0 saturated carbocycles. The summed E-state index contributed by atoms with van der Waals surface area (Å²) in [4.78, 5) is 7.28. The van der Waals surface area contributed by atoms with Crippen LogP contribution in [0.1, 0.15) is 16.8 Å². The second-order valence-corrected chi connectivity index (χ2v) is 4.52. The molecule has 0 unspecified atom stereocenters. The molecule has 90 valence electrons. The number of hydrogen-bond acceptors (Lipinski definition) is 2. The number of fused-ring (bicyclic) bond motifs is 1. The zero-order valence-corrected chi connectivity index (χ0v) is 10.2. The van der Waals surface area contributed by atoms with Gasteiger partial charge in [-0.1, -0.05) is 24.3 Å². The number of nitrogens with one attached hydrogen (secondary N) is 1. The van der Waals surface area contributed by atoms with Gasteiger partial charge in [0.15, 0.2) is 0 Å². The number of halogens is 1. The molecule has 0 fully saturated rings. The standard InChI is InChI=1S/C13H14N2O.ClH/c16-8-13(12-7-14-9-15-12)5-10-3-1-2-4-11(10)6-13;/h1-4,7,9,16H,5-6,8H2,(H,14,15);1H. The minimum atomic E-state index is -0.219. The van der Waals surface area contributed by atoms with E-state index in [1.807, 2.05) is 6.20 Å². The molecule has 0 saturated heterocycles. The third-order valence-corrected chi connectivity index (χ3v) is 3.52. The van der Waals surface area contributed by atoms with Crippen LogP contribution >= 0.6 is 12.4 Å². The predicted molar refractivity (Wildman–Crippen MR) is 68.4 cm³/mol. The van der Waals surface area contributed by atoms with Crippen molar-refractivity contribution in [2.45, 2.75) is 18.3 Å². The van der Waals surface area contributed by atoms with Gasteiger partial charge in [-0.2, -0.15) is 0 Å². The number of nitrogens with zero attached hydrogens (tertiary/aromatic N) is 1. The molecule has 0 radical (unpaired) electrons. The first-order valence-electron chi connectivity index (χ1n) is 5.51. The second kappa shape index (κ2) is 4.51. The lowest BCUT2D eigenvalue weighted by atomic mass is 9.82. The lowest BCUT2D eigenvalue weighted by Gasteiger charge is -2.23. The topological polar surface area (TPSA) is 48.9 Å². The van der Waals surface area contributed by atoms with Crippen LogP contribution < -0.4 is 0 Å². The van der Waals surface area contributed by atoms with Gasteiger partial charge in [-0.25, -0.2) is 4.98 Å². The van der Waals surface area contributed by atoms with Gasteiger partial charge in [0.1, 0.15) is 0 Å². The number of aromatic nitrogens is 2. The molecule has 2 N–H and O–H groups in total. The fourth-order valence-electron chi connectivity index (χ4n) is 2.62. The molecule has 1 aliphatic carbocycles. The molecule has 4 heteroatoms. The summed E-state index contributed by atoms with van der Waals surface area (Å²) in [5.41, 5.74) is 3.41. The Balaban J connectivity index is 0.00000108. The molecule has 3 nitrogen and oxygen atoms in total. The fourth-order valence-corrected chi connectivity index (χ4v) is 2.62. The molecule has 1 aromatic heterocycles. The highest BCUT2D eigenvalue weighted by Crippen LogP contribution is 2.38. The number of aliphatic hydroxyl groups is 1. The highest BCUT2D eigenvalue weighted by molar-refractivity contribution is 5.85. The summed E-state index contributed by atoms with van der Waals surface area (Å²) in [5.74, 6) is 0. The molecule has 0 aliphatic heterocycles. The zero-order valence-electron chi connectivity index (χ0n) is 9.39. The minimum Gasteiger partial charge on any atom is -0.395 e. The Kier molecular flexibility index (Phi) is 3.22. The number of hydrogen-bond donors (Lipinski definition) is 2. The molecule has 1 aromatic carbocycles. The van der Waals surface area contributed by atoms with Crippen LogP contribution in [0, 0.1) is 0 Å². The first-order valence-corrected chi connectivity index (χ1v) is 5.51. The zero-order chi connectivity index (χ0) is 11.0. The van der Waals surface area contributed by atoms with E-state index in [-0.39, 0.29) is 24.4 Å².